The molecule has 0 bridgehead atoms. The Morgan fingerprint density at radius 1 is 1.08 bits per heavy atom. The molecular weight excluding hydrogens is 346 g/mol. The highest BCUT2D eigenvalue weighted by atomic mass is 32.2. The monoisotopic (exact) mass is 371 g/mol. The quantitative estimate of drug-likeness (QED) is 0.707. The number of nitrogens with one attached hydrogen (secondary N) is 1. The zero-order valence-electron chi connectivity index (χ0n) is 14.7. The minimum Gasteiger partial charge on any atom is -0.326 e. The van der Waals surface area contributed by atoms with Crippen LogP contribution in [-0.2, 0) is 17.6 Å². The maximum absolute atomic E-state index is 12.3. The summed E-state index contributed by atoms with van der Waals surface area (Å²) in [5.41, 5.74) is 4.78. The van der Waals surface area contributed by atoms with Crippen molar-refractivity contribution in [2.24, 2.45) is 0 Å². The van der Waals surface area contributed by atoms with Gasteiger partial charge in [-0.1, -0.05) is 43.3 Å². The predicted molar refractivity (Wildman–Crippen MR) is 111 cm³/mol. The van der Waals surface area contributed by atoms with Gasteiger partial charge in [-0.2, -0.15) is 0 Å². The summed E-state index contributed by atoms with van der Waals surface area (Å²) in [5.74, 6) is 2.54. The second-order valence-electron chi connectivity index (χ2n) is 6.27. The molecule has 0 aliphatic carbocycles. The molecule has 0 spiro atoms. The van der Waals surface area contributed by atoms with E-state index in [1.54, 1.807) is 0 Å². The first-order valence-electron chi connectivity index (χ1n) is 8.95. The van der Waals surface area contributed by atoms with Gasteiger partial charge in [0.25, 0.3) is 0 Å². The van der Waals surface area contributed by atoms with Crippen LogP contribution < -0.4 is 5.32 Å². The molecule has 1 N–H and O–H groups in total. The summed E-state index contributed by atoms with van der Waals surface area (Å²) < 4.78 is 0.502. The molecule has 1 amide bonds. The maximum atomic E-state index is 12.3. The number of hydrogen-bond donors (Lipinski definition) is 1. The second kappa shape index (κ2) is 9.35. The van der Waals surface area contributed by atoms with Gasteiger partial charge in [0.05, 0.1) is 4.58 Å². The van der Waals surface area contributed by atoms with Gasteiger partial charge < -0.3 is 5.32 Å². The summed E-state index contributed by atoms with van der Waals surface area (Å²) in [7, 11) is 0. The summed E-state index contributed by atoms with van der Waals surface area (Å²) in [6.07, 6.45) is 3.64. The third-order valence-electron chi connectivity index (χ3n) is 4.34. The van der Waals surface area contributed by atoms with Crippen LogP contribution in [0, 0.1) is 0 Å². The molecule has 2 aromatic carbocycles. The predicted octanol–water partition coefficient (Wildman–Crippen LogP) is 5.69. The molecule has 3 rings (SSSR count). The molecule has 25 heavy (non-hydrogen) atoms. The first-order chi connectivity index (χ1) is 12.2. The van der Waals surface area contributed by atoms with Gasteiger partial charge in [0.1, 0.15) is 0 Å². The van der Waals surface area contributed by atoms with Crippen molar-refractivity contribution in [3.8, 4) is 0 Å². The van der Waals surface area contributed by atoms with E-state index in [0.717, 1.165) is 18.5 Å². The smallest absolute Gasteiger partial charge is 0.224 e. The Kier molecular flexibility index (Phi) is 6.88. The standard InChI is InChI=1S/C21H25NOS2/c1-2-16-7-9-17(10-8-16)11-12-20(23)22-19-6-3-5-18(15-19)21-24-13-4-14-25-21/h3,5-10,15,21H,2,4,11-14H2,1H3,(H,22,23). The van der Waals surface area contributed by atoms with Crippen LogP contribution in [0.4, 0.5) is 5.69 Å². The second-order valence-corrected chi connectivity index (χ2v) is 9.00. The summed E-state index contributed by atoms with van der Waals surface area (Å²) >= 11 is 4.01. The largest absolute Gasteiger partial charge is 0.326 e. The fourth-order valence-corrected chi connectivity index (χ4v) is 5.74. The van der Waals surface area contributed by atoms with E-state index in [1.165, 1.54) is 34.6 Å². The lowest BCUT2D eigenvalue weighted by atomic mass is 10.1. The highest BCUT2D eigenvalue weighted by molar-refractivity contribution is 8.16. The third kappa shape index (κ3) is 5.55. The van der Waals surface area contributed by atoms with Crippen LogP contribution >= 0.6 is 23.5 Å². The Labute approximate surface area is 159 Å². The number of hydrogen-bond acceptors (Lipinski definition) is 3. The molecule has 2 aromatic rings. The van der Waals surface area contributed by atoms with Gasteiger partial charge in [0, 0.05) is 12.1 Å². The van der Waals surface area contributed by atoms with E-state index in [4.69, 9.17) is 0 Å². The van der Waals surface area contributed by atoms with Crippen molar-refractivity contribution in [3.05, 3.63) is 65.2 Å². The molecule has 0 radical (unpaired) electrons. The van der Waals surface area contributed by atoms with Crippen molar-refractivity contribution in [2.75, 3.05) is 16.8 Å². The molecule has 1 fully saturated rings. The number of anilines is 1. The molecule has 1 aliphatic heterocycles. The summed E-state index contributed by atoms with van der Waals surface area (Å²) in [6.45, 7) is 2.15. The van der Waals surface area contributed by atoms with Gasteiger partial charge in [-0.05, 0) is 59.6 Å². The molecule has 1 saturated heterocycles. The molecule has 1 heterocycles. The Balaban J connectivity index is 1.53. The summed E-state index contributed by atoms with van der Waals surface area (Å²) in [6, 6.07) is 16.9. The number of carbonyl (C=O) groups excluding carboxylic acids is 1. The Morgan fingerprint density at radius 2 is 1.80 bits per heavy atom. The topological polar surface area (TPSA) is 29.1 Å². The minimum absolute atomic E-state index is 0.0840. The molecule has 0 saturated carbocycles. The van der Waals surface area contributed by atoms with Crippen LogP contribution in [0.25, 0.3) is 0 Å². The van der Waals surface area contributed by atoms with Gasteiger partial charge in [0.15, 0.2) is 0 Å². The fraction of sp³-hybridized carbons (Fsp3) is 0.381. The zero-order valence-corrected chi connectivity index (χ0v) is 16.3. The first kappa shape index (κ1) is 18.4. The minimum atomic E-state index is 0.0840. The number of aryl methyl sites for hydroxylation is 2. The van der Waals surface area contributed by atoms with Gasteiger partial charge >= 0.3 is 0 Å². The SMILES string of the molecule is CCc1ccc(CCC(=O)Nc2cccc(C3SCCCS3)c2)cc1. The highest BCUT2D eigenvalue weighted by Gasteiger charge is 2.17. The molecule has 0 unspecified atom stereocenters. The number of benzene rings is 2. The maximum Gasteiger partial charge on any atom is 0.224 e. The van der Waals surface area contributed by atoms with Crippen molar-refractivity contribution < 1.29 is 4.79 Å². The first-order valence-corrected chi connectivity index (χ1v) is 11.0. The van der Waals surface area contributed by atoms with E-state index >= 15 is 0 Å². The van der Waals surface area contributed by atoms with E-state index in [0.29, 0.717) is 11.0 Å². The van der Waals surface area contributed by atoms with Crippen LogP contribution in [0.1, 0.15) is 41.0 Å². The van der Waals surface area contributed by atoms with Crippen LogP contribution in [0.15, 0.2) is 48.5 Å². The van der Waals surface area contributed by atoms with Crippen molar-refractivity contribution >= 4 is 35.1 Å². The molecule has 2 nitrogen and oxygen atoms in total. The van der Waals surface area contributed by atoms with E-state index in [-0.39, 0.29) is 5.91 Å². The molecule has 4 heteroatoms. The van der Waals surface area contributed by atoms with Crippen molar-refractivity contribution in [3.63, 3.8) is 0 Å². The molecule has 132 valence electrons. The van der Waals surface area contributed by atoms with Crippen molar-refractivity contribution in [1.29, 1.82) is 0 Å². The van der Waals surface area contributed by atoms with Crippen LogP contribution in [-0.4, -0.2) is 17.4 Å². The Hall–Kier alpha value is -1.39. The number of carbonyl (C=O) groups is 1. The Morgan fingerprint density at radius 3 is 2.52 bits per heavy atom. The molecule has 0 aromatic heterocycles. The highest BCUT2D eigenvalue weighted by Crippen LogP contribution is 2.44. The van der Waals surface area contributed by atoms with Gasteiger partial charge in [-0.3, -0.25) is 4.79 Å². The summed E-state index contributed by atoms with van der Waals surface area (Å²) in [5, 5.41) is 3.06. The van der Waals surface area contributed by atoms with E-state index < -0.39 is 0 Å². The van der Waals surface area contributed by atoms with Crippen molar-refractivity contribution in [2.45, 2.75) is 37.2 Å². The zero-order chi connectivity index (χ0) is 17.5. The molecular formula is C21H25NOS2. The number of thioether (sulfide) groups is 2. The lowest BCUT2D eigenvalue weighted by molar-refractivity contribution is -0.116. The van der Waals surface area contributed by atoms with Crippen LogP contribution in [0.3, 0.4) is 0 Å². The van der Waals surface area contributed by atoms with Gasteiger partial charge in [0.2, 0.25) is 5.91 Å². The van der Waals surface area contributed by atoms with Crippen molar-refractivity contribution in [1.82, 2.24) is 0 Å². The normalized spacial score (nSPS) is 15.1. The Bertz CT molecular complexity index is 693. The van der Waals surface area contributed by atoms with E-state index in [2.05, 4.69) is 48.6 Å². The lowest BCUT2D eigenvalue weighted by Gasteiger charge is -2.21. The van der Waals surface area contributed by atoms with Gasteiger partial charge in [-0.15, -0.1) is 23.5 Å². The van der Waals surface area contributed by atoms with Crippen LogP contribution in [0.2, 0.25) is 0 Å². The van der Waals surface area contributed by atoms with Crippen LogP contribution in [0.5, 0.6) is 0 Å². The van der Waals surface area contributed by atoms with E-state index in [9.17, 15) is 4.79 Å². The molecule has 0 atom stereocenters. The number of rotatable bonds is 6. The average molecular weight is 372 g/mol. The van der Waals surface area contributed by atoms with E-state index in [1.807, 2.05) is 35.7 Å². The fourth-order valence-electron chi connectivity index (χ4n) is 2.87. The average Bonchev–Trinajstić information content (AvgIpc) is 2.68. The number of amides is 1. The summed E-state index contributed by atoms with van der Waals surface area (Å²) in [4.78, 5) is 12.3. The third-order valence-corrected chi connectivity index (χ3v) is 7.36. The lowest BCUT2D eigenvalue weighted by Crippen LogP contribution is -2.12. The van der Waals surface area contributed by atoms with Gasteiger partial charge in [-0.25, -0.2) is 0 Å². The molecule has 1 aliphatic rings.